The smallest absolute Gasteiger partial charge is 0.212 e. The zero-order chi connectivity index (χ0) is 14.5. The quantitative estimate of drug-likeness (QED) is 0.758. The Labute approximate surface area is 124 Å². The van der Waals surface area contributed by atoms with E-state index in [1.165, 1.54) is 0 Å². The van der Waals surface area contributed by atoms with E-state index in [0.717, 1.165) is 0 Å². The van der Waals surface area contributed by atoms with Crippen LogP contribution in [0.2, 0.25) is 10.0 Å². The molecule has 0 aliphatic heterocycles. The van der Waals surface area contributed by atoms with Gasteiger partial charge in [0.2, 0.25) is 10.0 Å². The second-order valence-electron chi connectivity index (χ2n) is 4.28. The van der Waals surface area contributed by atoms with Crippen LogP contribution in [0.25, 0.3) is 0 Å². The highest BCUT2D eigenvalue weighted by Gasteiger charge is 2.17. The molecular weight excluding hydrogens is 307 g/mol. The Kier molecular flexibility index (Phi) is 6.56. The molecule has 7 heteroatoms. The lowest BCUT2D eigenvalue weighted by molar-refractivity contribution is 0.563. The Morgan fingerprint density at radius 1 is 1.32 bits per heavy atom. The maximum Gasteiger partial charge on any atom is 0.212 e. The van der Waals surface area contributed by atoms with Crippen LogP contribution in [-0.2, 0) is 10.0 Å². The first-order valence-corrected chi connectivity index (χ1v) is 8.36. The molecule has 0 saturated carbocycles. The number of benzene rings is 1. The molecule has 0 aliphatic rings. The summed E-state index contributed by atoms with van der Waals surface area (Å²) >= 11 is 11.9. The van der Waals surface area contributed by atoms with E-state index >= 15 is 0 Å². The minimum absolute atomic E-state index is 0.0867. The maximum atomic E-state index is 11.9. The van der Waals surface area contributed by atoms with Crippen molar-refractivity contribution in [2.75, 3.05) is 19.3 Å². The second-order valence-corrected chi connectivity index (χ2v) is 7.00. The van der Waals surface area contributed by atoms with Crippen LogP contribution in [0.4, 0.5) is 0 Å². The van der Waals surface area contributed by atoms with Gasteiger partial charge in [0.05, 0.1) is 5.75 Å². The third kappa shape index (κ3) is 5.67. The van der Waals surface area contributed by atoms with Crippen molar-refractivity contribution in [2.45, 2.75) is 19.4 Å². The summed E-state index contributed by atoms with van der Waals surface area (Å²) in [7, 11) is -1.52. The summed E-state index contributed by atoms with van der Waals surface area (Å²) in [5.41, 5.74) is 0.711. The van der Waals surface area contributed by atoms with Crippen LogP contribution in [0.5, 0.6) is 0 Å². The molecule has 1 aromatic carbocycles. The number of hydrogen-bond acceptors (Lipinski definition) is 3. The van der Waals surface area contributed by atoms with Gasteiger partial charge in [0.25, 0.3) is 0 Å². The first kappa shape index (κ1) is 16.7. The minimum atomic E-state index is -3.31. The van der Waals surface area contributed by atoms with Gasteiger partial charge < -0.3 is 5.32 Å². The number of sulfonamides is 1. The van der Waals surface area contributed by atoms with E-state index < -0.39 is 10.0 Å². The summed E-state index contributed by atoms with van der Waals surface area (Å²) in [4.78, 5) is 0. The van der Waals surface area contributed by atoms with Crippen LogP contribution in [0.3, 0.4) is 0 Å². The molecule has 0 aliphatic carbocycles. The van der Waals surface area contributed by atoms with Crippen LogP contribution in [0.15, 0.2) is 18.2 Å². The van der Waals surface area contributed by atoms with Crippen molar-refractivity contribution in [3.63, 3.8) is 0 Å². The van der Waals surface area contributed by atoms with Crippen molar-refractivity contribution in [3.05, 3.63) is 33.8 Å². The largest absolute Gasteiger partial charge is 0.320 e. The van der Waals surface area contributed by atoms with Crippen LogP contribution >= 0.6 is 23.2 Å². The molecule has 1 aromatic rings. The zero-order valence-corrected chi connectivity index (χ0v) is 13.2. The average molecular weight is 325 g/mol. The molecule has 19 heavy (non-hydrogen) atoms. The highest BCUT2D eigenvalue weighted by atomic mass is 35.5. The number of halogens is 2. The molecule has 0 aromatic heterocycles. The fraction of sp³-hybridized carbons (Fsp3) is 0.500. The molecule has 1 rings (SSSR count). The van der Waals surface area contributed by atoms with Crippen LogP contribution < -0.4 is 10.0 Å². The fourth-order valence-corrected chi connectivity index (χ4v) is 3.56. The first-order valence-electron chi connectivity index (χ1n) is 5.95. The topological polar surface area (TPSA) is 58.2 Å². The molecule has 0 radical (unpaired) electrons. The van der Waals surface area contributed by atoms with Crippen molar-refractivity contribution >= 4 is 33.2 Å². The number of nitrogens with one attached hydrogen (secondary N) is 2. The van der Waals surface area contributed by atoms with Gasteiger partial charge in [0.1, 0.15) is 0 Å². The summed E-state index contributed by atoms with van der Waals surface area (Å²) in [5, 5.41) is 3.89. The molecule has 0 bridgehead atoms. The van der Waals surface area contributed by atoms with Gasteiger partial charge in [-0.15, -0.1) is 0 Å². The molecule has 0 saturated heterocycles. The molecule has 4 nitrogen and oxygen atoms in total. The molecule has 1 atom stereocenters. The molecule has 0 fully saturated rings. The third-order valence-electron chi connectivity index (χ3n) is 2.63. The summed E-state index contributed by atoms with van der Waals surface area (Å²) in [6.07, 6.45) is 0.562. The molecule has 0 spiro atoms. The predicted octanol–water partition coefficient (Wildman–Crippen LogP) is 2.58. The highest BCUT2D eigenvalue weighted by Crippen LogP contribution is 2.26. The summed E-state index contributed by atoms with van der Waals surface area (Å²) in [6.45, 7) is 2.42. The van der Waals surface area contributed by atoms with E-state index in [9.17, 15) is 8.42 Å². The monoisotopic (exact) mass is 324 g/mol. The molecule has 1 unspecified atom stereocenters. The normalized spacial score (nSPS) is 13.5. The summed E-state index contributed by atoms with van der Waals surface area (Å²) in [5.74, 6) is 0.0867. The van der Waals surface area contributed by atoms with Gasteiger partial charge >= 0.3 is 0 Å². The Bertz CT molecular complexity index is 520. The van der Waals surface area contributed by atoms with Crippen molar-refractivity contribution in [1.82, 2.24) is 10.0 Å². The number of hydrogen-bond donors (Lipinski definition) is 2. The van der Waals surface area contributed by atoms with E-state index in [2.05, 4.69) is 10.0 Å². The molecular formula is C12H18Cl2N2O2S. The van der Waals surface area contributed by atoms with Gasteiger partial charge in [-0.2, -0.15) is 0 Å². The van der Waals surface area contributed by atoms with Gasteiger partial charge in [0.15, 0.2) is 0 Å². The first-order chi connectivity index (χ1) is 8.85. The summed E-state index contributed by atoms with van der Waals surface area (Å²) < 4.78 is 26.3. The Hall–Kier alpha value is -0.330. The van der Waals surface area contributed by atoms with Gasteiger partial charge in [-0.3, -0.25) is 0 Å². The Balaban J connectivity index is 2.70. The molecule has 0 amide bonds. The van der Waals surface area contributed by atoms with Gasteiger partial charge in [-0.25, -0.2) is 13.1 Å². The van der Waals surface area contributed by atoms with Crippen molar-refractivity contribution in [2.24, 2.45) is 0 Å². The molecule has 108 valence electrons. The fourth-order valence-electron chi connectivity index (χ4n) is 1.68. The SMILES string of the molecule is CNCCCS(=O)(=O)NC(C)c1ccc(Cl)cc1Cl. The van der Waals surface area contributed by atoms with Crippen LogP contribution in [-0.4, -0.2) is 27.8 Å². The zero-order valence-electron chi connectivity index (χ0n) is 10.9. The average Bonchev–Trinajstić information content (AvgIpc) is 2.28. The van der Waals surface area contributed by atoms with E-state index in [4.69, 9.17) is 23.2 Å². The van der Waals surface area contributed by atoms with E-state index in [-0.39, 0.29) is 11.8 Å². The van der Waals surface area contributed by atoms with Crippen molar-refractivity contribution in [3.8, 4) is 0 Å². The van der Waals surface area contributed by atoms with Gasteiger partial charge in [-0.05, 0) is 44.6 Å². The van der Waals surface area contributed by atoms with Gasteiger partial charge in [0, 0.05) is 16.1 Å². The van der Waals surface area contributed by atoms with E-state index in [1.807, 2.05) is 0 Å². The summed E-state index contributed by atoms with van der Waals surface area (Å²) in [6, 6.07) is 4.63. The Morgan fingerprint density at radius 2 is 2.00 bits per heavy atom. The van der Waals surface area contributed by atoms with Crippen molar-refractivity contribution < 1.29 is 8.42 Å². The molecule has 2 N–H and O–H groups in total. The van der Waals surface area contributed by atoms with E-state index in [1.54, 1.807) is 32.2 Å². The lowest BCUT2D eigenvalue weighted by atomic mass is 10.1. The van der Waals surface area contributed by atoms with Gasteiger partial charge in [-0.1, -0.05) is 29.3 Å². The lowest BCUT2D eigenvalue weighted by Gasteiger charge is -2.16. The highest BCUT2D eigenvalue weighted by molar-refractivity contribution is 7.89. The van der Waals surface area contributed by atoms with Crippen LogP contribution in [0.1, 0.15) is 24.9 Å². The minimum Gasteiger partial charge on any atom is -0.320 e. The number of rotatable bonds is 7. The third-order valence-corrected chi connectivity index (χ3v) is 4.73. The maximum absolute atomic E-state index is 11.9. The molecule has 0 heterocycles. The van der Waals surface area contributed by atoms with Crippen molar-refractivity contribution in [1.29, 1.82) is 0 Å². The predicted molar refractivity (Wildman–Crippen MR) is 80.3 cm³/mol. The standard InChI is InChI=1S/C12H18Cl2N2O2S/c1-9(11-5-4-10(13)8-12(11)14)16-19(17,18)7-3-6-15-2/h4-5,8-9,15-16H,3,6-7H2,1-2H3. The van der Waals surface area contributed by atoms with Crippen LogP contribution in [0, 0.1) is 0 Å². The van der Waals surface area contributed by atoms with E-state index in [0.29, 0.717) is 28.6 Å². The lowest BCUT2D eigenvalue weighted by Crippen LogP contribution is -2.30. The second kappa shape index (κ2) is 7.45. The Morgan fingerprint density at radius 3 is 2.58 bits per heavy atom.